The molecule has 5 nitrogen and oxygen atoms in total. The van der Waals surface area contributed by atoms with Gasteiger partial charge in [-0.15, -0.1) is 0 Å². The minimum absolute atomic E-state index is 0.417. The van der Waals surface area contributed by atoms with Crippen molar-refractivity contribution in [1.29, 1.82) is 0 Å². The lowest BCUT2D eigenvalue weighted by Crippen LogP contribution is -2.69. The standard InChI is InChI=1S/C15H15Cl2N5/c1-9-2-14(20-8-19-9)21-6-11-4-12(7-21)22(11)15-13(17)3-10(16)5-18-15/h2-3,5,8,11-12H,4,6-7H2,1H3. The lowest BCUT2D eigenvalue weighted by atomic mass is 9.87. The second-order valence-corrected chi connectivity index (χ2v) is 6.68. The van der Waals surface area contributed by atoms with Crippen molar-refractivity contribution in [2.24, 2.45) is 0 Å². The van der Waals surface area contributed by atoms with Crippen LogP contribution in [0.5, 0.6) is 0 Å². The highest BCUT2D eigenvalue weighted by molar-refractivity contribution is 6.36. The molecule has 2 aromatic heterocycles. The molecule has 5 rings (SSSR count). The number of aryl methyl sites for hydroxylation is 1. The van der Waals surface area contributed by atoms with Gasteiger partial charge in [-0.3, -0.25) is 0 Å². The second-order valence-electron chi connectivity index (χ2n) is 5.83. The van der Waals surface area contributed by atoms with E-state index in [-0.39, 0.29) is 0 Å². The molecule has 3 saturated heterocycles. The Balaban J connectivity index is 1.55. The van der Waals surface area contributed by atoms with E-state index in [1.807, 2.05) is 13.0 Å². The predicted octanol–water partition coefficient (Wildman–Crippen LogP) is 2.95. The van der Waals surface area contributed by atoms with Gasteiger partial charge in [0.1, 0.15) is 18.0 Å². The highest BCUT2D eigenvalue weighted by Crippen LogP contribution is 2.40. The van der Waals surface area contributed by atoms with Crippen molar-refractivity contribution in [3.63, 3.8) is 0 Å². The van der Waals surface area contributed by atoms with Crippen LogP contribution >= 0.6 is 23.2 Å². The van der Waals surface area contributed by atoms with Crippen LogP contribution in [0.3, 0.4) is 0 Å². The molecule has 114 valence electrons. The maximum absolute atomic E-state index is 6.30. The maximum Gasteiger partial charge on any atom is 0.148 e. The minimum Gasteiger partial charge on any atom is -0.352 e. The molecular formula is C15H15Cl2N5. The van der Waals surface area contributed by atoms with E-state index in [0.717, 1.165) is 30.4 Å². The van der Waals surface area contributed by atoms with Gasteiger partial charge in [0.05, 0.1) is 22.1 Å². The lowest BCUT2D eigenvalue weighted by Gasteiger charge is -2.57. The number of hydrogen-bond donors (Lipinski definition) is 0. The number of piperidine rings is 1. The van der Waals surface area contributed by atoms with Gasteiger partial charge in [0.25, 0.3) is 0 Å². The summed E-state index contributed by atoms with van der Waals surface area (Å²) in [7, 11) is 0. The lowest BCUT2D eigenvalue weighted by molar-refractivity contribution is 0.288. The molecule has 7 heteroatoms. The molecule has 0 aromatic carbocycles. The molecule has 2 aromatic rings. The third-order valence-corrected chi connectivity index (χ3v) is 4.82. The first-order chi connectivity index (χ1) is 10.6. The average Bonchev–Trinajstić information content (AvgIpc) is 2.50. The SMILES string of the molecule is Cc1cc(N2CC3CC(C2)N3c2ncc(Cl)cc2Cl)ncn1. The molecule has 0 saturated carbocycles. The Morgan fingerprint density at radius 1 is 1.09 bits per heavy atom. The van der Waals surface area contributed by atoms with Crippen LogP contribution in [0, 0.1) is 6.92 Å². The van der Waals surface area contributed by atoms with Crippen LogP contribution in [0.15, 0.2) is 24.7 Å². The van der Waals surface area contributed by atoms with Crippen LogP contribution in [0.25, 0.3) is 0 Å². The van der Waals surface area contributed by atoms with E-state index >= 15 is 0 Å². The number of aromatic nitrogens is 3. The van der Waals surface area contributed by atoms with Crippen molar-refractivity contribution >= 4 is 34.8 Å². The Morgan fingerprint density at radius 2 is 1.86 bits per heavy atom. The van der Waals surface area contributed by atoms with E-state index < -0.39 is 0 Å². The first-order valence-corrected chi connectivity index (χ1v) is 8.00. The van der Waals surface area contributed by atoms with Gasteiger partial charge in [0.15, 0.2) is 0 Å². The molecule has 0 amide bonds. The molecule has 3 aliphatic rings. The summed E-state index contributed by atoms with van der Waals surface area (Å²) in [6.07, 6.45) is 4.45. The van der Waals surface area contributed by atoms with Crippen molar-refractivity contribution in [2.75, 3.05) is 22.9 Å². The Hall–Kier alpha value is -1.59. The predicted molar refractivity (Wildman–Crippen MR) is 87.9 cm³/mol. The monoisotopic (exact) mass is 335 g/mol. The molecule has 5 heterocycles. The Morgan fingerprint density at radius 3 is 2.55 bits per heavy atom. The van der Waals surface area contributed by atoms with Crippen LogP contribution < -0.4 is 9.80 Å². The summed E-state index contributed by atoms with van der Waals surface area (Å²) >= 11 is 12.2. The molecular weight excluding hydrogens is 321 g/mol. The van der Waals surface area contributed by atoms with Crippen LogP contribution in [0.2, 0.25) is 10.0 Å². The van der Waals surface area contributed by atoms with E-state index in [2.05, 4.69) is 24.8 Å². The van der Waals surface area contributed by atoms with Crippen LogP contribution in [0.1, 0.15) is 12.1 Å². The summed E-state index contributed by atoms with van der Waals surface area (Å²) < 4.78 is 0. The number of halogens is 2. The molecule has 2 atom stereocenters. The van der Waals surface area contributed by atoms with Gasteiger partial charge >= 0.3 is 0 Å². The van der Waals surface area contributed by atoms with E-state index in [1.54, 1.807) is 18.6 Å². The van der Waals surface area contributed by atoms with Gasteiger partial charge < -0.3 is 9.80 Å². The number of hydrogen-bond acceptors (Lipinski definition) is 5. The van der Waals surface area contributed by atoms with Crippen LogP contribution in [-0.2, 0) is 0 Å². The summed E-state index contributed by atoms with van der Waals surface area (Å²) in [5.41, 5.74) is 0.989. The number of fused-ring (bicyclic) bond motifs is 2. The molecule has 2 unspecified atom stereocenters. The van der Waals surface area contributed by atoms with Crippen LogP contribution in [0.4, 0.5) is 11.6 Å². The largest absolute Gasteiger partial charge is 0.352 e. The normalized spacial score (nSPS) is 23.4. The minimum atomic E-state index is 0.417. The summed E-state index contributed by atoms with van der Waals surface area (Å²) in [6.45, 7) is 3.83. The summed E-state index contributed by atoms with van der Waals surface area (Å²) in [5.74, 6) is 1.84. The quantitative estimate of drug-likeness (QED) is 0.844. The first-order valence-electron chi connectivity index (χ1n) is 7.25. The van der Waals surface area contributed by atoms with Crippen molar-refractivity contribution in [3.05, 3.63) is 40.4 Å². The third kappa shape index (κ3) is 2.29. The van der Waals surface area contributed by atoms with Gasteiger partial charge in [-0.2, -0.15) is 0 Å². The smallest absolute Gasteiger partial charge is 0.148 e. The summed E-state index contributed by atoms with van der Waals surface area (Å²) in [5, 5.41) is 1.19. The number of piperazine rings is 1. The Bertz CT molecular complexity index is 711. The highest BCUT2D eigenvalue weighted by atomic mass is 35.5. The fraction of sp³-hybridized carbons (Fsp3) is 0.400. The summed E-state index contributed by atoms with van der Waals surface area (Å²) in [6, 6.07) is 4.62. The number of pyridine rings is 1. The fourth-order valence-corrected chi connectivity index (χ4v) is 3.83. The topological polar surface area (TPSA) is 45.2 Å². The number of nitrogens with zero attached hydrogens (tertiary/aromatic N) is 5. The molecule has 0 radical (unpaired) electrons. The second kappa shape index (κ2) is 5.25. The van der Waals surface area contributed by atoms with Crippen molar-refractivity contribution < 1.29 is 0 Å². The molecule has 22 heavy (non-hydrogen) atoms. The van der Waals surface area contributed by atoms with E-state index in [4.69, 9.17) is 23.2 Å². The molecule has 3 aliphatic heterocycles. The van der Waals surface area contributed by atoms with E-state index in [0.29, 0.717) is 22.1 Å². The zero-order valence-corrected chi connectivity index (χ0v) is 13.6. The number of anilines is 2. The van der Waals surface area contributed by atoms with Gasteiger partial charge in [0.2, 0.25) is 0 Å². The zero-order valence-electron chi connectivity index (χ0n) is 12.1. The van der Waals surface area contributed by atoms with Crippen molar-refractivity contribution in [1.82, 2.24) is 15.0 Å². The molecule has 0 spiro atoms. The Labute approximate surface area is 138 Å². The van der Waals surface area contributed by atoms with Gasteiger partial charge in [-0.1, -0.05) is 23.2 Å². The van der Waals surface area contributed by atoms with Crippen molar-refractivity contribution in [2.45, 2.75) is 25.4 Å². The van der Waals surface area contributed by atoms with E-state index in [1.165, 1.54) is 6.42 Å². The molecule has 0 aliphatic carbocycles. The average molecular weight is 336 g/mol. The molecule has 2 bridgehead atoms. The first kappa shape index (κ1) is 14.0. The third-order valence-electron chi connectivity index (χ3n) is 4.34. The molecule has 0 N–H and O–H groups in total. The molecule has 3 fully saturated rings. The van der Waals surface area contributed by atoms with Gasteiger partial charge in [-0.05, 0) is 19.4 Å². The summed E-state index contributed by atoms with van der Waals surface area (Å²) in [4.78, 5) is 17.6. The van der Waals surface area contributed by atoms with Crippen LogP contribution in [-0.4, -0.2) is 40.1 Å². The Kier molecular flexibility index (Phi) is 3.35. The van der Waals surface area contributed by atoms with Gasteiger partial charge in [-0.25, -0.2) is 15.0 Å². The van der Waals surface area contributed by atoms with E-state index in [9.17, 15) is 0 Å². The van der Waals surface area contributed by atoms with Crippen molar-refractivity contribution in [3.8, 4) is 0 Å². The number of rotatable bonds is 2. The van der Waals surface area contributed by atoms with Gasteiger partial charge in [0, 0.05) is 31.0 Å². The highest BCUT2D eigenvalue weighted by Gasteiger charge is 2.46. The fourth-order valence-electron chi connectivity index (χ4n) is 3.35. The zero-order chi connectivity index (χ0) is 15.3. The maximum atomic E-state index is 6.30.